The van der Waals surface area contributed by atoms with Crippen molar-refractivity contribution in [3.63, 3.8) is 0 Å². The number of halogens is 6. The molecule has 39 heavy (non-hydrogen) atoms. The second-order valence-corrected chi connectivity index (χ2v) is 7.86. The maximum Gasteiger partial charge on any atom is 0.416 e. The van der Waals surface area contributed by atoms with Gasteiger partial charge in [0.15, 0.2) is 11.5 Å². The van der Waals surface area contributed by atoms with Crippen molar-refractivity contribution >= 4 is 12.3 Å². The Morgan fingerprint density at radius 2 is 1.36 bits per heavy atom. The zero-order valence-electron chi connectivity index (χ0n) is 21.2. The maximum atomic E-state index is 12.2. The first-order valence-electron chi connectivity index (χ1n) is 11.1. The topological polar surface area (TPSA) is 98.8 Å². The number of hydrogen-bond donors (Lipinski definition) is 2. The lowest BCUT2D eigenvalue weighted by Gasteiger charge is -2.12. The quantitative estimate of drug-likeness (QED) is 0.267. The van der Waals surface area contributed by atoms with Crippen molar-refractivity contribution in [1.82, 2.24) is 0 Å². The van der Waals surface area contributed by atoms with Crippen LogP contribution in [0.5, 0.6) is 11.5 Å². The minimum Gasteiger partial charge on any atom is -0.493 e. The lowest BCUT2D eigenvalue weighted by Crippen LogP contribution is -2.11. The van der Waals surface area contributed by atoms with Crippen LogP contribution in [-0.4, -0.2) is 38.1 Å². The Hall–Kier alpha value is -4.06. The summed E-state index contributed by atoms with van der Waals surface area (Å²) in [6, 6.07) is 13.3. The number of aldehydes is 1. The third-order valence-electron chi connectivity index (χ3n) is 4.93. The summed E-state index contributed by atoms with van der Waals surface area (Å²) in [6.07, 6.45) is -9.04. The van der Waals surface area contributed by atoms with E-state index in [1.165, 1.54) is 5.56 Å². The molecule has 0 saturated heterocycles. The molecule has 0 heterocycles. The number of aryl methyl sites for hydroxylation is 1. The maximum absolute atomic E-state index is 12.2. The van der Waals surface area contributed by atoms with Gasteiger partial charge in [-0.2, -0.15) is 26.3 Å². The Bertz CT molecular complexity index is 1190. The van der Waals surface area contributed by atoms with Crippen LogP contribution in [0.25, 0.3) is 0 Å². The fourth-order valence-corrected chi connectivity index (χ4v) is 2.95. The fraction of sp³-hybridized carbons (Fsp3) is 0.259. The van der Waals surface area contributed by atoms with E-state index in [1.807, 2.05) is 25.1 Å². The van der Waals surface area contributed by atoms with Gasteiger partial charge in [-0.3, -0.25) is 4.79 Å². The Morgan fingerprint density at radius 3 is 1.74 bits per heavy atom. The molecule has 0 aromatic heterocycles. The van der Waals surface area contributed by atoms with Crippen LogP contribution in [0, 0.1) is 6.92 Å². The van der Waals surface area contributed by atoms with Crippen LogP contribution in [0.2, 0.25) is 0 Å². The van der Waals surface area contributed by atoms with Crippen molar-refractivity contribution in [2.75, 3.05) is 20.8 Å². The van der Waals surface area contributed by atoms with Crippen LogP contribution in [0.4, 0.5) is 26.3 Å². The van der Waals surface area contributed by atoms with Crippen LogP contribution in [0.3, 0.4) is 0 Å². The molecular weight excluding hydrogens is 532 g/mol. The molecule has 12 heteroatoms. The van der Waals surface area contributed by atoms with Gasteiger partial charge >= 0.3 is 18.3 Å². The first-order valence-corrected chi connectivity index (χ1v) is 11.1. The minimum atomic E-state index is -4.92. The van der Waals surface area contributed by atoms with E-state index >= 15 is 0 Å². The molecule has 6 nitrogen and oxygen atoms in total. The molecule has 3 N–H and O–H groups in total. The Labute approximate surface area is 221 Å². The van der Waals surface area contributed by atoms with E-state index in [-0.39, 0.29) is 12.4 Å². The second-order valence-electron chi connectivity index (χ2n) is 7.86. The van der Waals surface area contributed by atoms with Crippen LogP contribution in [0.1, 0.15) is 43.0 Å². The van der Waals surface area contributed by atoms with Gasteiger partial charge in [0, 0.05) is 5.56 Å². The van der Waals surface area contributed by atoms with E-state index in [0.29, 0.717) is 24.2 Å². The smallest absolute Gasteiger partial charge is 0.416 e. The molecule has 0 atom stereocenters. The number of carboxylic acids is 1. The van der Waals surface area contributed by atoms with Gasteiger partial charge in [0.25, 0.3) is 0 Å². The normalized spacial score (nSPS) is 10.8. The molecule has 0 aliphatic rings. The second kappa shape index (κ2) is 14.8. The zero-order chi connectivity index (χ0) is 29.8. The minimum absolute atomic E-state index is 0.0347. The lowest BCUT2D eigenvalue weighted by atomic mass is 10.1. The number of ether oxygens (including phenoxy) is 2. The Morgan fingerprint density at radius 1 is 0.846 bits per heavy atom. The molecule has 0 spiro atoms. The molecule has 3 rings (SSSR count). The molecule has 0 aliphatic heterocycles. The third kappa shape index (κ3) is 11.1. The molecule has 3 aromatic rings. The summed E-state index contributed by atoms with van der Waals surface area (Å²) >= 11 is 0. The van der Waals surface area contributed by atoms with Gasteiger partial charge in [0.2, 0.25) is 0 Å². The summed E-state index contributed by atoms with van der Waals surface area (Å²) in [5.41, 5.74) is 4.37. The predicted molar refractivity (Wildman–Crippen MR) is 132 cm³/mol. The summed E-state index contributed by atoms with van der Waals surface area (Å²) in [6.45, 7) is 2.57. The van der Waals surface area contributed by atoms with Gasteiger partial charge in [-0.25, -0.2) is 4.79 Å². The number of nitrogens with two attached hydrogens (primary N) is 1. The average Bonchev–Trinajstić information content (AvgIpc) is 2.88. The zero-order valence-corrected chi connectivity index (χ0v) is 21.2. The predicted octanol–water partition coefficient (Wildman–Crippen LogP) is 6.43. The summed E-state index contributed by atoms with van der Waals surface area (Å²) in [4.78, 5) is 20.5. The molecule has 0 unspecified atom stereocenters. The highest BCUT2D eigenvalue weighted by Gasteiger charge is 2.36. The van der Waals surface area contributed by atoms with E-state index in [2.05, 4.69) is 0 Å². The van der Waals surface area contributed by atoms with Crippen LogP contribution < -0.4 is 15.2 Å². The van der Waals surface area contributed by atoms with Gasteiger partial charge in [0.1, 0.15) is 6.29 Å². The number of benzene rings is 3. The summed E-state index contributed by atoms with van der Waals surface area (Å²) in [5.74, 6) is 0.636. The first-order chi connectivity index (χ1) is 18.2. The molecule has 212 valence electrons. The van der Waals surface area contributed by atoms with E-state index in [9.17, 15) is 35.9 Å². The largest absolute Gasteiger partial charge is 0.493 e. The number of carboxylic acid groups (broad SMARTS) is 1. The number of aromatic carboxylic acids is 1. The van der Waals surface area contributed by atoms with E-state index in [0.717, 1.165) is 23.5 Å². The van der Waals surface area contributed by atoms with E-state index < -0.39 is 35.0 Å². The fourth-order valence-electron chi connectivity index (χ4n) is 2.95. The Kier molecular flexibility index (Phi) is 12.5. The van der Waals surface area contributed by atoms with Gasteiger partial charge in [0.05, 0.1) is 30.9 Å². The molecule has 0 fully saturated rings. The number of alkyl halides is 6. The highest BCUT2D eigenvalue weighted by molar-refractivity contribution is 5.87. The molecule has 3 aromatic carbocycles. The number of carbonyl (C=O) groups excluding carboxylic acids is 1. The van der Waals surface area contributed by atoms with Crippen molar-refractivity contribution in [3.8, 4) is 11.5 Å². The Balaban J connectivity index is 0.000000300. The number of carbonyl (C=O) groups is 2. The van der Waals surface area contributed by atoms with Gasteiger partial charge in [-0.1, -0.05) is 23.8 Å². The van der Waals surface area contributed by atoms with Crippen molar-refractivity contribution in [2.45, 2.75) is 25.7 Å². The molecule has 0 amide bonds. The van der Waals surface area contributed by atoms with Crippen molar-refractivity contribution < 1.29 is 50.5 Å². The summed E-state index contributed by atoms with van der Waals surface area (Å²) < 4.78 is 83.4. The first kappa shape index (κ1) is 33.0. The van der Waals surface area contributed by atoms with E-state index in [1.54, 1.807) is 38.5 Å². The van der Waals surface area contributed by atoms with Gasteiger partial charge in [-0.05, 0) is 67.9 Å². The summed E-state index contributed by atoms with van der Waals surface area (Å²) in [7, 11) is 3.25. The number of methoxy groups -OCH3 is 2. The van der Waals surface area contributed by atoms with Crippen molar-refractivity contribution in [2.24, 2.45) is 5.73 Å². The van der Waals surface area contributed by atoms with Crippen molar-refractivity contribution in [3.05, 3.63) is 94.0 Å². The SMILES string of the molecule is COc1ccc(CCN)cc1OC.Cc1ccc(C(=O)O)cc1.O=Cc1cc(C(F)(F)F)cc(C(F)(F)F)c1. The molecule has 0 saturated carbocycles. The third-order valence-corrected chi connectivity index (χ3v) is 4.93. The molecule has 0 bridgehead atoms. The van der Waals surface area contributed by atoms with Crippen LogP contribution >= 0.6 is 0 Å². The monoisotopic (exact) mass is 559 g/mol. The van der Waals surface area contributed by atoms with Gasteiger partial charge in [-0.15, -0.1) is 0 Å². The molecule has 0 radical (unpaired) electrons. The lowest BCUT2D eigenvalue weighted by molar-refractivity contribution is -0.143. The van der Waals surface area contributed by atoms with Crippen LogP contribution in [0.15, 0.2) is 60.7 Å². The standard InChI is InChI=1S/C10H15NO2.C9H4F6O.C8H8O2/c1-12-9-4-3-8(5-6-11)7-10(9)13-2;10-8(11,12)6-1-5(4-16)2-7(3-6)9(13,14)15;1-6-2-4-7(5-3-6)8(9)10/h3-4,7H,5-6,11H2,1-2H3;1-4H;2-5H,1H3,(H,9,10). The highest BCUT2D eigenvalue weighted by atomic mass is 19.4. The van der Waals surface area contributed by atoms with Crippen molar-refractivity contribution in [1.29, 1.82) is 0 Å². The average molecular weight is 560 g/mol. The molecule has 0 aliphatic carbocycles. The van der Waals surface area contributed by atoms with Crippen LogP contribution in [-0.2, 0) is 18.8 Å². The highest BCUT2D eigenvalue weighted by Crippen LogP contribution is 2.36. The number of hydrogen-bond acceptors (Lipinski definition) is 5. The molecular formula is C27H27F6NO5. The summed E-state index contributed by atoms with van der Waals surface area (Å²) in [5, 5.41) is 8.48. The number of rotatable bonds is 6. The van der Waals surface area contributed by atoms with E-state index in [4.69, 9.17) is 20.3 Å². The van der Waals surface area contributed by atoms with Gasteiger partial charge < -0.3 is 20.3 Å².